The number of benzene rings is 4. The predicted octanol–water partition coefficient (Wildman–Crippen LogP) is 7.25. The molecule has 5 heterocycles. The molecular formula is C33H17ClCuN8O+. The van der Waals surface area contributed by atoms with Crippen LogP contribution in [0.4, 0.5) is 0 Å². The molecule has 4 aromatic carbocycles. The number of nitrogens with one attached hydrogen (secondary N) is 2. The van der Waals surface area contributed by atoms with Gasteiger partial charge >= 0.3 is 17.1 Å². The molecular weight excluding hydrogens is 623 g/mol. The van der Waals surface area contributed by atoms with Gasteiger partial charge in [0.2, 0.25) is 0 Å². The van der Waals surface area contributed by atoms with Crippen molar-refractivity contribution in [1.82, 2.24) is 39.9 Å². The minimum atomic E-state index is -0.559. The second kappa shape index (κ2) is 9.89. The molecule has 9 rings (SSSR count). The first-order valence-electron chi connectivity index (χ1n) is 13.5. The maximum absolute atomic E-state index is 12.1. The Hall–Kier alpha value is -5.28. The minimum absolute atomic E-state index is 0. The molecule has 0 radical (unpaired) electrons. The molecule has 8 bridgehead atoms. The van der Waals surface area contributed by atoms with Crippen LogP contribution >= 0.6 is 11.6 Å². The molecule has 0 fully saturated rings. The fourth-order valence-corrected chi connectivity index (χ4v) is 5.88. The van der Waals surface area contributed by atoms with Crippen molar-refractivity contribution in [3.8, 4) is 45.6 Å². The van der Waals surface area contributed by atoms with Crippen LogP contribution in [0.1, 0.15) is 10.4 Å². The average molecular weight is 641 g/mol. The number of aromatic amines is 2. The maximum Gasteiger partial charge on any atom is 1.00 e. The summed E-state index contributed by atoms with van der Waals surface area (Å²) in [4.78, 5) is 48.5. The van der Waals surface area contributed by atoms with Gasteiger partial charge in [-0.15, -0.1) is 0 Å². The largest absolute Gasteiger partial charge is 1.00 e. The summed E-state index contributed by atoms with van der Waals surface area (Å²) in [5.41, 5.74) is 6.07. The van der Waals surface area contributed by atoms with E-state index in [9.17, 15) is 4.79 Å². The van der Waals surface area contributed by atoms with E-state index in [4.69, 9.17) is 41.5 Å². The Bertz CT molecular complexity index is 2520. The molecule has 3 aromatic heterocycles. The third-order valence-corrected chi connectivity index (χ3v) is 8.00. The van der Waals surface area contributed by atoms with Crippen LogP contribution < -0.4 is 0 Å². The molecule has 0 atom stereocenters. The van der Waals surface area contributed by atoms with E-state index >= 15 is 0 Å². The van der Waals surface area contributed by atoms with E-state index in [1.165, 1.54) is 0 Å². The van der Waals surface area contributed by atoms with Gasteiger partial charge in [-0.05, 0) is 29.8 Å². The average Bonchev–Trinajstić information content (AvgIpc) is 3.76. The Balaban J connectivity index is 0.00000289. The molecule has 2 aliphatic rings. The maximum atomic E-state index is 12.1. The second-order valence-corrected chi connectivity index (χ2v) is 10.6. The first-order chi connectivity index (χ1) is 21.1. The number of H-pyrrole nitrogens is 2. The van der Waals surface area contributed by atoms with Crippen LogP contribution in [0, 0.1) is 0 Å². The van der Waals surface area contributed by atoms with Crippen molar-refractivity contribution in [2.75, 3.05) is 0 Å². The molecule has 0 spiro atoms. The summed E-state index contributed by atoms with van der Waals surface area (Å²) in [5, 5.41) is 2.71. The van der Waals surface area contributed by atoms with Gasteiger partial charge in [0.1, 0.15) is 22.6 Å². The van der Waals surface area contributed by atoms with Crippen LogP contribution in [0.5, 0.6) is 0 Å². The third-order valence-electron chi connectivity index (χ3n) is 7.78. The van der Waals surface area contributed by atoms with E-state index in [0.717, 1.165) is 38.4 Å². The normalized spacial score (nSPS) is 11.7. The quantitative estimate of drug-likeness (QED) is 0.143. The van der Waals surface area contributed by atoms with E-state index in [0.29, 0.717) is 56.8 Å². The second-order valence-electron chi connectivity index (χ2n) is 10.3. The molecule has 212 valence electrons. The van der Waals surface area contributed by atoms with Crippen molar-refractivity contribution in [3.63, 3.8) is 0 Å². The van der Waals surface area contributed by atoms with Gasteiger partial charge in [0, 0.05) is 49.4 Å². The summed E-state index contributed by atoms with van der Waals surface area (Å²) in [6.07, 6.45) is 0. The molecule has 44 heavy (non-hydrogen) atoms. The summed E-state index contributed by atoms with van der Waals surface area (Å²) < 4.78 is 0. The Labute approximate surface area is 264 Å². The summed E-state index contributed by atoms with van der Waals surface area (Å²) in [7, 11) is 0. The minimum Gasteiger partial charge on any atom is -0.324 e. The molecule has 0 aliphatic carbocycles. The number of nitrogens with zero attached hydrogens (tertiary/aromatic N) is 6. The van der Waals surface area contributed by atoms with Gasteiger partial charge in [0.05, 0.1) is 0 Å². The summed E-state index contributed by atoms with van der Waals surface area (Å²) in [5.74, 6) is 2.05. The van der Waals surface area contributed by atoms with Crippen molar-refractivity contribution >= 4 is 61.0 Å². The van der Waals surface area contributed by atoms with Crippen molar-refractivity contribution in [1.29, 1.82) is 0 Å². The third kappa shape index (κ3) is 3.96. The van der Waals surface area contributed by atoms with Crippen molar-refractivity contribution in [2.24, 2.45) is 0 Å². The number of aromatic nitrogens is 8. The van der Waals surface area contributed by atoms with Crippen LogP contribution in [0.3, 0.4) is 0 Å². The Kier molecular flexibility index (Phi) is 5.92. The number of halogens is 1. The summed E-state index contributed by atoms with van der Waals surface area (Å²) in [6, 6.07) is 28.9. The van der Waals surface area contributed by atoms with Gasteiger partial charge in [0.15, 0.2) is 23.3 Å². The van der Waals surface area contributed by atoms with Crippen LogP contribution in [-0.2, 0) is 17.1 Å². The zero-order valence-corrected chi connectivity index (χ0v) is 24.1. The molecule has 9 nitrogen and oxygen atoms in total. The van der Waals surface area contributed by atoms with Crippen molar-refractivity contribution < 1.29 is 21.9 Å². The van der Waals surface area contributed by atoms with E-state index in [2.05, 4.69) is 9.97 Å². The Morgan fingerprint density at radius 1 is 0.477 bits per heavy atom. The fraction of sp³-hybridized carbons (Fsp3) is 0. The number of fused-ring (bicyclic) bond motifs is 20. The first-order valence-corrected chi connectivity index (χ1v) is 13.9. The Morgan fingerprint density at radius 3 is 1.25 bits per heavy atom. The molecule has 0 saturated carbocycles. The van der Waals surface area contributed by atoms with E-state index in [1.807, 2.05) is 78.9 Å². The van der Waals surface area contributed by atoms with Crippen molar-refractivity contribution in [3.05, 3.63) is 96.6 Å². The topological polar surface area (TPSA) is 126 Å². The number of carbonyl (C=O) groups excluding carboxylic acids is 1. The molecule has 2 N–H and O–H groups in total. The van der Waals surface area contributed by atoms with Gasteiger partial charge < -0.3 is 9.97 Å². The van der Waals surface area contributed by atoms with E-state index < -0.39 is 5.24 Å². The smallest absolute Gasteiger partial charge is 0.324 e. The number of hydrogen-bond donors (Lipinski definition) is 2. The molecule has 0 amide bonds. The van der Waals surface area contributed by atoms with Crippen LogP contribution in [0.15, 0.2) is 91.0 Å². The Morgan fingerprint density at radius 2 is 0.841 bits per heavy atom. The number of hydrogen-bond acceptors (Lipinski definition) is 7. The monoisotopic (exact) mass is 639 g/mol. The van der Waals surface area contributed by atoms with Gasteiger partial charge in [-0.25, -0.2) is 29.9 Å². The van der Waals surface area contributed by atoms with E-state index in [-0.39, 0.29) is 17.1 Å². The summed E-state index contributed by atoms with van der Waals surface area (Å²) in [6.45, 7) is 0. The van der Waals surface area contributed by atoms with Crippen molar-refractivity contribution in [2.45, 2.75) is 0 Å². The molecule has 0 saturated heterocycles. The van der Waals surface area contributed by atoms with E-state index in [1.54, 1.807) is 12.1 Å². The zero-order chi connectivity index (χ0) is 28.7. The predicted molar refractivity (Wildman–Crippen MR) is 166 cm³/mol. The first kappa shape index (κ1) is 26.4. The van der Waals surface area contributed by atoms with Crippen LogP contribution in [-0.4, -0.2) is 45.1 Å². The van der Waals surface area contributed by atoms with Gasteiger partial charge in [0.25, 0.3) is 5.24 Å². The van der Waals surface area contributed by atoms with Crippen LogP contribution in [0.2, 0.25) is 0 Å². The fourth-order valence-electron chi connectivity index (χ4n) is 5.76. The van der Waals surface area contributed by atoms with Gasteiger partial charge in [-0.2, -0.15) is 0 Å². The van der Waals surface area contributed by atoms with Gasteiger partial charge in [-0.1, -0.05) is 72.8 Å². The summed E-state index contributed by atoms with van der Waals surface area (Å²) >= 11 is 5.87. The standard InChI is InChI=1S/C33H17ClN8O.Cu/c34-25(43)16-13-14-23-24(15-16)33-41-31-22-12-6-5-11-21(22)29(39-31)37-27-18-8-2-1-7-17(18)26(35-27)36-28-19-9-3-4-10-20(19)30(38-28)40-32(23)42-33;/h1-15H,(H2,35,36,37,38,39,40,41,42);/q;+1. The van der Waals surface area contributed by atoms with Gasteiger partial charge in [-0.3, -0.25) is 4.79 Å². The number of rotatable bonds is 1. The molecule has 7 aromatic rings. The molecule has 2 aliphatic heterocycles. The number of carbonyl (C=O) groups is 1. The molecule has 0 unspecified atom stereocenters. The SMILES string of the molecule is O=C(Cl)c1ccc2c3nc4nc(nc5[nH]c(nc6nc(nc([nH]3)c2c1)-c1ccccc1-6)c1ccccc51)-c1ccccc1-4.[Cu+]. The zero-order valence-electron chi connectivity index (χ0n) is 22.4. The molecule has 11 heteroatoms. The van der Waals surface area contributed by atoms with Crippen LogP contribution in [0.25, 0.3) is 89.7 Å².